The normalized spacial score (nSPS) is 18.2. The molecule has 2 atom stereocenters. The predicted molar refractivity (Wildman–Crippen MR) is 99.4 cm³/mol. The molecule has 1 aliphatic heterocycles. The van der Waals surface area contributed by atoms with E-state index in [1.807, 2.05) is 6.92 Å². The number of hydrogen-bond acceptors (Lipinski definition) is 5. The lowest BCUT2D eigenvalue weighted by atomic mass is 10.1. The predicted octanol–water partition coefficient (Wildman–Crippen LogP) is 3.19. The van der Waals surface area contributed by atoms with Crippen molar-refractivity contribution >= 4 is 17.6 Å². The maximum atomic E-state index is 12.8. The average Bonchev–Trinajstić information content (AvgIpc) is 2.68. The summed E-state index contributed by atoms with van der Waals surface area (Å²) in [7, 11) is 0. The van der Waals surface area contributed by atoms with Crippen molar-refractivity contribution in [3.05, 3.63) is 29.8 Å². The lowest BCUT2D eigenvalue weighted by Crippen LogP contribution is -2.40. The molecule has 6 nitrogen and oxygen atoms in total. The fraction of sp³-hybridized carbons (Fsp3) is 0.600. The largest absolute Gasteiger partial charge is 0.462 e. The Hall–Kier alpha value is -1.92. The highest BCUT2D eigenvalue weighted by atomic mass is 16.5. The molecule has 1 saturated heterocycles. The summed E-state index contributed by atoms with van der Waals surface area (Å²) in [4.78, 5) is 26.3. The summed E-state index contributed by atoms with van der Waals surface area (Å²) in [6, 6.07) is 6.91. The van der Waals surface area contributed by atoms with Gasteiger partial charge in [0.15, 0.2) is 0 Å². The van der Waals surface area contributed by atoms with Crippen molar-refractivity contribution in [3.63, 3.8) is 0 Å². The Kier molecular flexibility index (Phi) is 8.06. The van der Waals surface area contributed by atoms with Crippen LogP contribution in [0.4, 0.5) is 5.69 Å². The number of hydrogen-bond donors (Lipinski definition) is 0. The van der Waals surface area contributed by atoms with E-state index in [2.05, 4.69) is 0 Å². The fourth-order valence-electron chi connectivity index (χ4n) is 2.96. The molecule has 1 aromatic carbocycles. The Labute approximate surface area is 155 Å². The van der Waals surface area contributed by atoms with Crippen molar-refractivity contribution in [1.29, 1.82) is 0 Å². The molecule has 26 heavy (non-hydrogen) atoms. The highest BCUT2D eigenvalue weighted by Gasteiger charge is 2.24. The van der Waals surface area contributed by atoms with Crippen LogP contribution in [0.15, 0.2) is 24.3 Å². The molecule has 0 spiro atoms. The number of rotatable bonds is 8. The number of carbonyl (C=O) groups excluding carboxylic acids is 2. The Bertz CT molecular complexity index is 598. The molecule has 0 bridgehead atoms. The Balaban J connectivity index is 2.00. The van der Waals surface area contributed by atoms with Crippen molar-refractivity contribution < 1.29 is 23.8 Å². The van der Waals surface area contributed by atoms with Gasteiger partial charge in [-0.15, -0.1) is 0 Å². The third-order valence-corrected chi connectivity index (χ3v) is 4.41. The van der Waals surface area contributed by atoms with E-state index in [-0.39, 0.29) is 12.0 Å². The molecule has 0 N–H and O–H groups in total. The van der Waals surface area contributed by atoms with Gasteiger partial charge in [-0.3, -0.25) is 4.79 Å². The minimum Gasteiger partial charge on any atom is -0.462 e. The summed E-state index contributed by atoms with van der Waals surface area (Å²) in [5.74, 6) is -0.527. The smallest absolute Gasteiger partial charge is 0.338 e. The van der Waals surface area contributed by atoms with Gasteiger partial charge in [-0.2, -0.15) is 0 Å². The van der Waals surface area contributed by atoms with Crippen molar-refractivity contribution in [2.45, 2.75) is 52.2 Å². The minimum absolute atomic E-state index is 0.0706. The second-order valence-electron chi connectivity index (χ2n) is 6.32. The monoisotopic (exact) mass is 363 g/mol. The second kappa shape index (κ2) is 10.3. The van der Waals surface area contributed by atoms with Gasteiger partial charge in [0, 0.05) is 18.8 Å². The van der Waals surface area contributed by atoms with E-state index in [1.54, 1.807) is 43.0 Å². The topological polar surface area (TPSA) is 65.1 Å². The molecule has 0 aromatic heterocycles. The zero-order chi connectivity index (χ0) is 18.9. The number of likely N-dealkylation sites (N-methyl/N-ethyl adjacent to an activating group) is 1. The third-order valence-electron chi connectivity index (χ3n) is 4.41. The highest BCUT2D eigenvalue weighted by Crippen LogP contribution is 2.19. The molecular weight excluding hydrogens is 334 g/mol. The van der Waals surface area contributed by atoms with Crippen LogP contribution in [0.25, 0.3) is 0 Å². The molecule has 1 fully saturated rings. The fourth-order valence-corrected chi connectivity index (χ4v) is 2.96. The molecule has 1 aromatic rings. The van der Waals surface area contributed by atoms with E-state index in [0.29, 0.717) is 31.0 Å². The van der Waals surface area contributed by atoms with Crippen LogP contribution in [0.1, 0.15) is 50.4 Å². The van der Waals surface area contributed by atoms with Crippen LogP contribution in [0.5, 0.6) is 0 Å². The van der Waals surface area contributed by atoms with Crippen molar-refractivity contribution in [2.75, 3.05) is 31.3 Å². The minimum atomic E-state index is -0.577. The van der Waals surface area contributed by atoms with Gasteiger partial charge in [-0.1, -0.05) is 6.07 Å². The van der Waals surface area contributed by atoms with Crippen LogP contribution < -0.4 is 4.90 Å². The molecule has 2 rings (SSSR count). The molecule has 144 valence electrons. The van der Waals surface area contributed by atoms with E-state index >= 15 is 0 Å². The van der Waals surface area contributed by atoms with Gasteiger partial charge in [0.1, 0.15) is 6.10 Å². The number of ether oxygens (including phenoxy) is 3. The number of carbonyl (C=O) groups is 2. The van der Waals surface area contributed by atoms with E-state index in [1.165, 1.54) is 0 Å². The SMILES string of the molecule is CCOC(=O)c1cccc(N(CC)C(=O)C(C)OCC2CCCCO2)c1. The van der Waals surface area contributed by atoms with Crippen LogP contribution in [0.2, 0.25) is 0 Å². The number of nitrogens with zero attached hydrogens (tertiary/aromatic N) is 1. The first kappa shape index (κ1) is 20.4. The third kappa shape index (κ3) is 5.54. The van der Waals surface area contributed by atoms with Gasteiger partial charge >= 0.3 is 5.97 Å². The molecule has 2 unspecified atom stereocenters. The zero-order valence-electron chi connectivity index (χ0n) is 15.9. The van der Waals surface area contributed by atoms with Gasteiger partial charge in [0.2, 0.25) is 0 Å². The molecular formula is C20H29NO5. The van der Waals surface area contributed by atoms with Gasteiger partial charge in [0.05, 0.1) is 24.9 Å². The summed E-state index contributed by atoms with van der Waals surface area (Å²) in [5.41, 5.74) is 1.09. The van der Waals surface area contributed by atoms with Crippen molar-refractivity contribution in [1.82, 2.24) is 0 Å². The number of amides is 1. The highest BCUT2D eigenvalue weighted by molar-refractivity contribution is 5.98. The number of anilines is 1. The summed E-state index contributed by atoms with van der Waals surface area (Å²) < 4.78 is 16.4. The maximum Gasteiger partial charge on any atom is 0.338 e. The van der Waals surface area contributed by atoms with Gasteiger partial charge in [0.25, 0.3) is 5.91 Å². The number of benzene rings is 1. The maximum absolute atomic E-state index is 12.8. The molecule has 0 aliphatic carbocycles. The van der Waals surface area contributed by atoms with E-state index in [9.17, 15) is 9.59 Å². The molecule has 0 saturated carbocycles. The second-order valence-corrected chi connectivity index (χ2v) is 6.32. The van der Waals surface area contributed by atoms with Gasteiger partial charge in [-0.05, 0) is 58.2 Å². The Morgan fingerprint density at radius 2 is 2.12 bits per heavy atom. The van der Waals surface area contributed by atoms with Crippen LogP contribution in [0.3, 0.4) is 0 Å². The summed E-state index contributed by atoms with van der Waals surface area (Å²) in [6.45, 7) is 7.39. The Morgan fingerprint density at radius 3 is 2.77 bits per heavy atom. The standard InChI is InChI=1S/C20H29NO5/c1-4-21(17-10-8-9-16(13-17)20(23)24-5-2)19(22)15(3)26-14-18-11-6-7-12-25-18/h8-10,13,15,18H,4-7,11-12,14H2,1-3H3. The van der Waals surface area contributed by atoms with Gasteiger partial charge < -0.3 is 19.1 Å². The average molecular weight is 363 g/mol. The summed E-state index contributed by atoms with van der Waals surface area (Å²) in [6.07, 6.45) is 2.69. The summed E-state index contributed by atoms with van der Waals surface area (Å²) in [5, 5.41) is 0. The van der Waals surface area contributed by atoms with Crippen LogP contribution in [-0.4, -0.2) is 50.4 Å². The lowest BCUT2D eigenvalue weighted by molar-refractivity contribution is -0.132. The zero-order valence-corrected chi connectivity index (χ0v) is 15.9. The summed E-state index contributed by atoms with van der Waals surface area (Å²) >= 11 is 0. The first-order valence-corrected chi connectivity index (χ1v) is 9.38. The lowest BCUT2D eigenvalue weighted by Gasteiger charge is -2.27. The van der Waals surface area contributed by atoms with E-state index < -0.39 is 12.1 Å². The van der Waals surface area contributed by atoms with Crippen molar-refractivity contribution in [2.24, 2.45) is 0 Å². The quantitative estimate of drug-likeness (QED) is 0.664. The molecule has 1 amide bonds. The molecule has 0 radical (unpaired) electrons. The van der Waals surface area contributed by atoms with Crippen LogP contribution >= 0.6 is 0 Å². The van der Waals surface area contributed by atoms with E-state index in [0.717, 1.165) is 25.9 Å². The van der Waals surface area contributed by atoms with E-state index in [4.69, 9.17) is 14.2 Å². The van der Waals surface area contributed by atoms with Crippen LogP contribution in [0, 0.1) is 0 Å². The van der Waals surface area contributed by atoms with Gasteiger partial charge in [-0.25, -0.2) is 4.79 Å². The van der Waals surface area contributed by atoms with Crippen LogP contribution in [-0.2, 0) is 19.0 Å². The Morgan fingerprint density at radius 1 is 1.31 bits per heavy atom. The molecule has 6 heteroatoms. The number of esters is 1. The van der Waals surface area contributed by atoms with Crippen molar-refractivity contribution in [3.8, 4) is 0 Å². The first-order valence-electron chi connectivity index (χ1n) is 9.38. The molecule has 1 heterocycles. The first-order chi connectivity index (χ1) is 12.6. The molecule has 1 aliphatic rings.